The highest BCUT2D eigenvalue weighted by Crippen LogP contribution is 2.48. The molecular formula is C23H22FN5O6. The smallest absolute Gasteiger partial charge is 0.338 e. The van der Waals surface area contributed by atoms with Crippen molar-refractivity contribution in [2.24, 2.45) is 5.41 Å². The Morgan fingerprint density at radius 2 is 1.91 bits per heavy atom. The number of aromatic carboxylic acids is 1. The highest BCUT2D eigenvalue weighted by molar-refractivity contribution is 6.23. The number of rotatable bonds is 7. The first-order valence-electron chi connectivity index (χ1n) is 11.1. The average Bonchev–Trinajstić information content (AvgIpc) is 3.28. The van der Waals surface area contributed by atoms with E-state index in [0.29, 0.717) is 13.1 Å². The third-order valence-corrected chi connectivity index (χ3v) is 6.83. The number of carboxylic acids is 1. The molecule has 1 aromatic carbocycles. The normalized spacial score (nSPS) is 20.6. The molecule has 3 aliphatic rings. The van der Waals surface area contributed by atoms with Crippen LogP contribution in [-0.2, 0) is 16.1 Å². The number of nitrogens with one attached hydrogen (secondary N) is 1. The van der Waals surface area contributed by atoms with Crippen molar-refractivity contribution in [1.82, 2.24) is 20.0 Å². The first kappa shape index (κ1) is 22.7. The first-order chi connectivity index (χ1) is 16.6. The number of piperidine rings is 1. The van der Waals surface area contributed by atoms with Crippen LogP contribution in [0.4, 0.5) is 10.1 Å². The van der Waals surface area contributed by atoms with Crippen LogP contribution >= 0.6 is 0 Å². The van der Waals surface area contributed by atoms with Crippen LogP contribution in [0.2, 0.25) is 0 Å². The second kappa shape index (κ2) is 8.00. The fourth-order valence-electron chi connectivity index (χ4n) is 4.81. The number of carbonyl (C=O) groups excluding carboxylic acids is 4. The minimum absolute atomic E-state index is 0.00153. The van der Waals surface area contributed by atoms with Gasteiger partial charge in [-0.15, -0.1) is 0 Å². The summed E-state index contributed by atoms with van der Waals surface area (Å²) in [4.78, 5) is 63.2. The van der Waals surface area contributed by atoms with E-state index < -0.39 is 41.5 Å². The minimum Gasteiger partial charge on any atom is -0.478 e. The molecule has 182 valence electrons. The van der Waals surface area contributed by atoms with Crippen LogP contribution in [0.25, 0.3) is 0 Å². The lowest BCUT2D eigenvalue weighted by molar-refractivity contribution is -0.136. The molecule has 5 rings (SSSR count). The van der Waals surface area contributed by atoms with Crippen LogP contribution in [0.1, 0.15) is 56.8 Å². The van der Waals surface area contributed by atoms with Crippen LogP contribution in [0.3, 0.4) is 0 Å². The number of anilines is 1. The van der Waals surface area contributed by atoms with E-state index in [1.807, 2.05) is 0 Å². The number of nitrogens with zero attached hydrogens (tertiary/aromatic N) is 4. The summed E-state index contributed by atoms with van der Waals surface area (Å²) in [6.07, 6.45) is 4.43. The summed E-state index contributed by atoms with van der Waals surface area (Å²) >= 11 is 0. The van der Waals surface area contributed by atoms with Crippen LogP contribution in [-0.4, -0.2) is 69.0 Å². The van der Waals surface area contributed by atoms with Gasteiger partial charge in [0.1, 0.15) is 11.9 Å². The zero-order valence-electron chi connectivity index (χ0n) is 18.8. The summed E-state index contributed by atoms with van der Waals surface area (Å²) in [6, 6.07) is 1.21. The molecule has 0 radical (unpaired) electrons. The summed E-state index contributed by atoms with van der Waals surface area (Å²) < 4.78 is 16.6. The molecule has 12 heteroatoms. The lowest BCUT2D eigenvalue weighted by Crippen LogP contribution is -2.54. The molecule has 4 amide bonds. The second-order valence-corrected chi connectivity index (χ2v) is 9.38. The summed E-state index contributed by atoms with van der Waals surface area (Å²) in [7, 11) is 1.68. The van der Waals surface area contributed by atoms with Gasteiger partial charge in [-0.1, -0.05) is 0 Å². The van der Waals surface area contributed by atoms with Gasteiger partial charge in [0, 0.05) is 38.2 Å². The van der Waals surface area contributed by atoms with Gasteiger partial charge in [0.15, 0.2) is 0 Å². The van der Waals surface area contributed by atoms with Gasteiger partial charge in [0.2, 0.25) is 11.8 Å². The molecule has 2 fully saturated rings. The number of carbonyl (C=O) groups is 5. The van der Waals surface area contributed by atoms with Gasteiger partial charge >= 0.3 is 5.97 Å². The molecule has 1 atom stereocenters. The maximum atomic E-state index is 15.1. The minimum atomic E-state index is -1.12. The highest BCUT2D eigenvalue weighted by atomic mass is 19.1. The second-order valence-electron chi connectivity index (χ2n) is 9.38. The molecule has 2 aliphatic heterocycles. The fourth-order valence-corrected chi connectivity index (χ4v) is 4.81. The predicted octanol–water partition coefficient (Wildman–Crippen LogP) is 1.04. The number of hydrogen-bond acceptors (Lipinski definition) is 7. The van der Waals surface area contributed by atoms with Crippen molar-refractivity contribution in [2.45, 2.75) is 38.3 Å². The average molecular weight is 483 g/mol. The molecule has 1 saturated carbocycles. The van der Waals surface area contributed by atoms with E-state index in [1.165, 1.54) is 18.5 Å². The fraction of sp³-hybridized carbons (Fsp3) is 0.391. The van der Waals surface area contributed by atoms with Gasteiger partial charge in [-0.2, -0.15) is 5.10 Å². The Balaban J connectivity index is 1.35. The number of halogens is 1. The van der Waals surface area contributed by atoms with E-state index in [2.05, 4.69) is 10.4 Å². The predicted molar refractivity (Wildman–Crippen MR) is 117 cm³/mol. The first-order valence-corrected chi connectivity index (χ1v) is 11.1. The molecule has 1 unspecified atom stereocenters. The standard InChI is InChI=1S/C23H22FN5O6/c1-27(10-23(4-5-23)11-28-9-12(8-25-28)22(34)35)17-7-14-13(6-15(17)24)20(32)29(21(14)33)16-2-3-18(30)26-19(16)31/h6-9,16H,2-5,10-11H2,1H3,(H,34,35)(H,26,30,31). The van der Waals surface area contributed by atoms with Crippen LogP contribution in [0, 0.1) is 11.2 Å². The number of hydrogen-bond donors (Lipinski definition) is 2. The molecule has 2 N–H and O–H groups in total. The Morgan fingerprint density at radius 1 is 1.23 bits per heavy atom. The van der Waals surface area contributed by atoms with E-state index in [1.54, 1.807) is 16.6 Å². The number of aromatic nitrogens is 2. The van der Waals surface area contributed by atoms with Crippen molar-refractivity contribution in [3.63, 3.8) is 0 Å². The molecule has 0 bridgehead atoms. The molecular weight excluding hydrogens is 461 g/mol. The molecule has 1 saturated heterocycles. The maximum Gasteiger partial charge on any atom is 0.338 e. The zero-order valence-corrected chi connectivity index (χ0v) is 18.8. The molecule has 2 aromatic rings. The molecule has 3 heterocycles. The summed E-state index contributed by atoms with van der Waals surface area (Å²) in [6.45, 7) is 0.877. The van der Waals surface area contributed by atoms with E-state index in [-0.39, 0.29) is 40.6 Å². The third-order valence-electron chi connectivity index (χ3n) is 6.83. The van der Waals surface area contributed by atoms with Crippen molar-refractivity contribution in [3.8, 4) is 0 Å². The van der Waals surface area contributed by atoms with E-state index in [4.69, 9.17) is 5.11 Å². The van der Waals surface area contributed by atoms with Crippen molar-refractivity contribution < 1.29 is 33.5 Å². The van der Waals surface area contributed by atoms with Gasteiger partial charge in [-0.3, -0.25) is 34.1 Å². The Kier molecular flexibility index (Phi) is 5.18. The van der Waals surface area contributed by atoms with Crippen molar-refractivity contribution in [1.29, 1.82) is 0 Å². The van der Waals surface area contributed by atoms with Gasteiger partial charge in [0.25, 0.3) is 11.8 Å². The quantitative estimate of drug-likeness (QED) is 0.557. The molecule has 35 heavy (non-hydrogen) atoms. The molecule has 1 aromatic heterocycles. The number of imide groups is 2. The van der Waals surface area contributed by atoms with E-state index >= 15 is 4.39 Å². The lowest BCUT2D eigenvalue weighted by atomic mass is 10.0. The largest absolute Gasteiger partial charge is 0.478 e. The molecule has 11 nitrogen and oxygen atoms in total. The van der Waals surface area contributed by atoms with Gasteiger partial charge in [-0.25, -0.2) is 9.18 Å². The number of fused-ring (bicyclic) bond motifs is 1. The molecule has 1 aliphatic carbocycles. The highest BCUT2D eigenvalue weighted by Gasteiger charge is 2.47. The maximum absolute atomic E-state index is 15.1. The lowest BCUT2D eigenvalue weighted by Gasteiger charge is -2.27. The Hall–Kier alpha value is -4.09. The van der Waals surface area contributed by atoms with Crippen LogP contribution in [0.5, 0.6) is 0 Å². The number of benzene rings is 1. The van der Waals surface area contributed by atoms with Crippen molar-refractivity contribution in [3.05, 3.63) is 47.0 Å². The third kappa shape index (κ3) is 3.94. The summed E-state index contributed by atoms with van der Waals surface area (Å²) in [5, 5.41) is 15.3. The van der Waals surface area contributed by atoms with E-state index in [9.17, 15) is 24.0 Å². The number of amides is 4. The molecule has 0 spiro atoms. The zero-order chi connectivity index (χ0) is 25.1. The van der Waals surface area contributed by atoms with Gasteiger partial charge < -0.3 is 10.0 Å². The van der Waals surface area contributed by atoms with Gasteiger partial charge in [0.05, 0.1) is 28.6 Å². The summed E-state index contributed by atoms with van der Waals surface area (Å²) in [5.41, 5.74) is -0.129. The van der Waals surface area contributed by atoms with Crippen molar-refractivity contribution >= 4 is 35.3 Å². The van der Waals surface area contributed by atoms with E-state index in [0.717, 1.165) is 23.8 Å². The topological polar surface area (TPSA) is 142 Å². The summed E-state index contributed by atoms with van der Waals surface area (Å²) in [5.74, 6) is -4.41. The monoisotopic (exact) mass is 483 g/mol. The number of carboxylic acid groups (broad SMARTS) is 1. The Bertz CT molecular complexity index is 1300. The van der Waals surface area contributed by atoms with Crippen LogP contribution < -0.4 is 10.2 Å². The van der Waals surface area contributed by atoms with Gasteiger partial charge in [-0.05, 0) is 31.4 Å². The van der Waals surface area contributed by atoms with Crippen LogP contribution in [0.15, 0.2) is 24.5 Å². The SMILES string of the molecule is CN(CC1(Cn2cc(C(=O)O)cn2)CC1)c1cc2c(cc1F)C(=O)N(C1CCC(=O)NC1=O)C2=O. The Labute approximate surface area is 198 Å². The Morgan fingerprint density at radius 3 is 2.51 bits per heavy atom. The van der Waals surface area contributed by atoms with Crippen molar-refractivity contribution in [2.75, 3.05) is 18.5 Å².